The van der Waals surface area contributed by atoms with Gasteiger partial charge in [-0.05, 0) is 24.6 Å². The Balaban J connectivity index is 1.87. The maximum absolute atomic E-state index is 13.1. The Labute approximate surface area is 156 Å². The van der Waals surface area contributed by atoms with E-state index in [2.05, 4.69) is 15.5 Å². The first-order valence-electron chi connectivity index (χ1n) is 8.27. The number of aryl methyl sites for hydroxylation is 1. The van der Waals surface area contributed by atoms with Gasteiger partial charge < -0.3 is 14.6 Å². The second-order valence-corrected chi connectivity index (χ2v) is 6.62. The van der Waals surface area contributed by atoms with E-state index < -0.39 is 5.25 Å². The number of amides is 1. The number of carbonyl (C=O) groups is 1. The van der Waals surface area contributed by atoms with Gasteiger partial charge in [-0.2, -0.15) is 0 Å². The van der Waals surface area contributed by atoms with Crippen LogP contribution in [-0.2, 0) is 11.8 Å². The van der Waals surface area contributed by atoms with Crippen molar-refractivity contribution in [1.29, 1.82) is 0 Å². The molecule has 1 heterocycles. The van der Waals surface area contributed by atoms with Crippen LogP contribution in [0.4, 0.5) is 5.69 Å². The van der Waals surface area contributed by atoms with Gasteiger partial charge in [-0.1, -0.05) is 54.2 Å². The fourth-order valence-electron chi connectivity index (χ4n) is 2.44. The molecule has 3 aromatic rings. The largest absolute Gasteiger partial charge is 0.492 e. The molecule has 0 radical (unpaired) electrons. The van der Waals surface area contributed by atoms with E-state index in [9.17, 15) is 4.79 Å². The van der Waals surface area contributed by atoms with Gasteiger partial charge in [0.2, 0.25) is 5.91 Å². The zero-order chi connectivity index (χ0) is 18.4. The van der Waals surface area contributed by atoms with Crippen molar-refractivity contribution in [2.45, 2.75) is 17.3 Å². The summed E-state index contributed by atoms with van der Waals surface area (Å²) in [6, 6.07) is 17.0. The number of benzene rings is 2. The Morgan fingerprint density at radius 2 is 1.92 bits per heavy atom. The molecular weight excluding hydrogens is 348 g/mol. The molecule has 1 aromatic heterocycles. The molecular formula is C19H20N4O2S. The predicted molar refractivity (Wildman–Crippen MR) is 102 cm³/mol. The molecule has 0 saturated carbocycles. The molecule has 0 unspecified atom stereocenters. The van der Waals surface area contributed by atoms with Crippen molar-refractivity contribution in [3.05, 3.63) is 66.5 Å². The first kappa shape index (κ1) is 18.0. The van der Waals surface area contributed by atoms with Crippen molar-refractivity contribution in [2.75, 3.05) is 11.9 Å². The van der Waals surface area contributed by atoms with Crippen LogP contribution in [0.25, 0.3) is 0 Å². The lowest BCUT2D eigenvalue weighted by molar-refractivity contribution is -0.115. The van der Waals surface area contributed by atoms with Crippen LogP contribution in [0.2, 0.25) is 0 Å². The molecule has 1 amide bonds. The minimum atomic E-state index is -0.464. The number of anilines is 1. The van der Waals surface area contributed by atoms with Crippen LogP contribution in [0.5, 0.6) is 5.75 Å². The first-order valence-corrected chi connectivity index (χ1v) is 9.15. The Morgan fingerprint density at radius 1 is 1.19 bits per heavy atom. The van der Waals surface area contributed by atoms with E-state index in [0.717, 1.165) is 5.56 Å². The van der Waals surface area contributed by atoms with E-state index in [-0.39, 0.29) is 5.91 Å². The van der Waals surface area contributed by atoms with Crippen molar-refractivity contribution in [3.8, 4) is 5.75 Å². The Hall–Kier alpha value is -2.80. The molecule has 0 bridgehead atoms. The second kappa shape index (κ2) is 8.53. The third-order valence-corrected chi connectivity index (χ3v) is 4.98. The number of thioether (sulfide) groups is 1. The van der Waals surface area contributed by atoms with Gasteiger partial charge in [0.05, 0.1) is 12.3 Å². The Kier molecular flexibility index (Phi) is 5.91. The number of nitrogens with one attached hydrogen (secondary N) is 1. The third kappa shape index (κ3) is 4.23. The molecule has 3 rings (SSSR count). The molecule has 0 aliphatic heterocycles. The summed E-state index contributed by atoms with van der Waals surface area (Å²) in [4.78, 5) is 13.1. The summed E-state index contributed by atoms with van der Waals surface area (Å²) in [5.41, 5.74) is 1.55. The van der Waals surface area contributed by atoms with Crippen LogP contribution in [0, 0.1) is 0 Å². The molecule has 0 aliphatic rings. The monoisotopic (exact) mass is 368 g/mol. The van der Waals surface area contributed by atoms with E-state index in [1.165, 1.54) is 11.8 Å². The number of carbonyl (C=O) groups excluding carboxylic acids is 1. The number of para-hydroxylation sites is 2. The van der Waals surface area contributed by atoms with Crippen LogP contribution in [0.1, 0.15) is 17.7 Å². The maximum Gasteiger partial charge on any atom is 0.242 e. The topological polar surface area (TPSA) is 69.0 Å². The molecule has 1 atom stereocenters. The lowest BCUT2D eigenvalue weighted by atomic mass is 10.1. The van der Waals surface area contributed by atoms with E-state index in [1.54, 1.807) is 10.9 Å². The minimum Gasteiger partial charge on any atom is -0.492 e. The predicted octanol–water partition coefficient (Wildman–Crippen LogP) is 3.69. The summed E-state index contributed by atoms with van der Waals surface area (Å²) >= 11 is 1.36. The third-order valence-electron chi connectivity index (χ3n) is 3.68. The highest BCUT2D eigenvalue weighted by molar-refractivity contribution is 8.00. The number of nitrogens with zero attached hydrogens (tertiary/aromatic N) is 3. The molecule has 0 aliphatic carbocycles. The van der Waals surface area contributed by atoms with E-state index >= 15 is 0 Å². The van der Waals surface area contributed by atoms with Crippen LogP contribution in [-0.4, -0.2) is 27.3 Å². The highest BCUT2D eigenvalue weighted by Gasteiger charge is 2.25. The molecule has 0 saturated heterocycles. The second-order valence-electron chi connectivity index (χ2n) is 5.55. The fourth-order valence-corrected chi connectivity index (χ4v) is 3.41. The smallest absolute Gasteiger partial charge is 0.242 e. The lowest BCUT2D eigenvalue weighted by Gasteiger charge is -2.18. The minimum absolute atomic E-state index is 0.142. The zero-order valence-corrected chi connectivity index (χ0v) is 15.4. The molecule has 26 heavy (non-hydrogen) atoms. The highest BCUT2D eigenvalue weighted by atomic mass is 32.2. The molecule has 7 heteroatoms. The van der Waals surface area contributed by atoms with Crippen molar-refractivity contribution < 1.29 is 9.53 Å². The van der Waals surface area contributed by atoms with Crippen LogP contribution in [0.15, 0.2) is 66.1 Å². The van der Waals surface area contributed by atoms with Crippen LogP contribution < -0.4 is 10.1 Å². The number of aromatic nitrogens is 3. The molecule has 0 spiro atoms. The van der Waals surface area contributed by atoms with Gasteiger partial charge in [-0.3, -0.25) is 4.79 Å². The standard InChI is InChI=1S/C19H20N4O2S/c1-3-25-16-12-8-7-11-15(16)21-18(24)17(14-9-5-4-6-10-14)26-19-22-20-13-23(19)2/h4-13,17H,3H2,1-2H3,(H,21,24)/t17-/m0/s1. The van der Waals surface area contributed by atoms with E-state index in [1.807, 2.05) is 68.6 Å². The van der Waals surface area contributed by atoms with Gasteiger partial charge in [0.1, 0.15) is 17.3 Å². The number of rotatable bonds is 7. The summed E-state index contributed by atoms with van der Waals surface area (Å²) < 4.78 is 7.39. The van der Waals surface area contributed by atoms with Crippen LogP contribution >= 0.6 is 11.8 Å². The number of hydrogen-bond acceptors (Lipinski definition) is 5. The van der Waals surface area contributed by atoms with Gasteiger partial charge in [0.25, 0.3) is 0 Å². The Bertz CT molecular complexity index is 867. The average Bonchev–Trinajstić information content (AvgIpc) is 3.07. The molecule has 2 aromatic carbocycles. The average molecular weight is 368 g/mol. The number of ether oxygens (including phenoxy) is 1. The summed E-state index contributed by atoms with van der Waals surface area (Å²) in [5.74, 6) is 0.509. The number of hydrogen-bond donors (Lipinski definition) is 1. The van der Waals surface area contributed by atoms with Gasteiger partial charge in [-0.15, -0.1) is 10.2 Å². The summed E-state index contributed by atoms with van der Waals surface area (Å²) in [7, 11) is 1.85. The quantitative estimate of drug-likeness (QED) is 0.644. The van der Waals surface area contributed by atoms with Crippen molar-refractivity contribution in [1.82, 2.24) is 14.8 Å². The molecule has 134 valence electrons. The lowest BCUT2D eigenvalue weighted by Crippen LogP contribution is -2.20. The van der Waals surface area contributed by atoms with Gasteiger partial charge in [0.15, 0.2) is 5.16 Å². The van der Waals surface area contributed by atoms with E-state index in [4.69, 9.17) is 4.74 Å². The SMILES string of the molecule is CCOc1ccccc1NC(=O)[C@@H](Sc1nncn1C)c1ccccc1. The van der Waals surface area contributed by atoms with Crippen molar-refractivity contribution in [3.63, 3.8) is 0 Å². The maximum atomic E-state index is 13.1. The summed E-state index contributed by atoms with van der Waals surface area (Å²) in [6.07, 6.45) is 1.62. The van der Waals surface area contributed by atoms with Crippen molar-refractivity contribution >= 4 is 23.4 Å². The van der Waals surface area contributed by atoms with Crippen LogP contribution in [0.3, 0.4) is 0 Å². The molecule has 1 N–H and O–H groups in total. The van der Waals surface area contributed by atoms with Gasteiger partial charge in [-0.25, -0.2) is 0 Å². The highest BCUT2D eigenvalue weighted by Crippen LogP contribution is 2.35. The fraction of sp³-hybridized carbons (Fsp3) is 0.211. The summed E-state index contributed by atoms with van der Waals surface area (Å²) in [6.45, 7) is 2.44. The van der Waals surface area contributed by atoms with Gasteiger partial charge >= 0.3 is 0 Å². The zero-order valence-electron chi connectivity index (χ0n) is 14.6. The van der Waals surface area contributed by atoms with E-state index in [0.29, 0.717) is 23.2 Å². The van der Waals surface area contributed by atoms with Crippen molar-refractivity contribution in [2.24, 2.45) is 7.05 Å². The molecule has 6 nitrogen and oxygen atoms in total. The normalized spacial score (nSPS) is 11.8. The van der Waals surface area contributed by atoms with Gasteiger partial charge in [0, 0.05) is 7.05 Å². The Morgan fingerprint density at radius 3 is 2.62 bits per heavy atom. The first-order chi connectivity index (χ1) is 12.7. The molecule has 0 fully saturated rings. The summed E-state index contributed by atoms with van der Waals surface area (Å²) in [5, 5.41) is 11.2.